The van der Waals surface area contributed by atoms with Gasteiger partial charge < -0.3 is 14.8 Å². The molecule has 0 radical (unpaired) electrons. The number of carbonyl (C=O) groups excluding carboxylic acids is 2. The van der Waals surface area contributed by atoms with E-state index in [9.17, 15) is 9.59 Å². The molecule has 29 heavy (non-hydrogen) atoms. The largest absolute Gasteiger partial charge is 0.378 e. The Morgan fingerprint density at radius 3 is 1.93 bits per heavy atom. The van der Waals surface area contributed by atoms with Crippen LogP contribution in [0.15, 0.2) is 0 Å². The molecule has 0 bridgehead atoms. The van der Waals surface area contributed by atoms with Crippen LogP contribution in [0.5, 0.6) is 0 Å². The third-order valence-corrected chi connectivity index (χ3v) is 6.44. The molecule has 2 fully saturated rings. The van der Waals surface area contributed by atoms with Gasteiger partial charge in [-0.3, -0.25) is 9.59 Å². The minimum absolute atomic E-state index is 0.120. The molecule has 2 saturated carbocycles. The van der Waals surface area contributed by atoms with E-state index in [4.69, 9.17) is 9.47 Å². The highest BCUT2D eigenvalue weighted by Gasteiger charge is 2.28. The van der Waals surface area contributed by atoms with E-state index in [-0.39, 0.29) is 23.8 Å². The van der Waals surface area contributed by atoms with Crippen LogP contribution in [0, 0.1) is 11.8 Å². The van der Waals surface area contributed by atoms with E-state index in [0.717, 1.165) is 70.8 Å². The Balaban J connectivity index is 1.49. The first-order valence-electron chi connectivity index (χ1n) is 12.1. The van der Waals surface area contributed by atoms with Crippen molar-refractivity contribution in [1.82, 2.24) is 5.32 Å². The maximum atomic E-state index is 12.2. The van der Waals surface area contributed by atoms with Crippen molar-refractivity contribution in [2.45, 2.75) is 116 Å². The zero-order chi connectivity index (χ0) is 21.1. The summed E-state index contributed by atoms with van der Waals surface area (Å²) in [4.78, 5) is 24.3. The summed E-state index contributed by atoms with van der Waals surface area (Å²) in [6.45, 7) is 7.69. The van der Waals surface area contributed by atoms with Gasteiger partial charge in [0.15, 0.2) is 0 Å². The van der Waals surface area contributed by atoms with E-state index < -0.39 is 0 Å². The number of ether oxygens (including phenoxy) is 2. The summed E-state index contributed by atoms with van der Waals surface area (Å²) < 4.78 is 11.9. The van der Waals surface area contributed by atoms with Crippen molar-refractivity contribution in [3.05, 3.63) is 0 Å². The molecule has 0 aromatic carbocycles. The molecule has 1 amide bonds. The maximum absolute atomic E-state index is 12.2. The van der Waals surface area contributed by atoms with E-state index in [1.807, 2.05) is 13.8 Å². The number of ketones is 1. The lowest BCUT2D eigenvalue weighted by molar-refractivity contribution is -0.127. The molecular formula is C24H43NO4. The van der Waals surface area contributed by atoms with Gasteiger partial charge in [-0.1, -0.05) is 27.2 Å². The molecular weight excluding hydrogens is 366 g/mol. The van der Waals surface area contributed by atoms with Crippen molar-refractivity contribution in [2.75, 3.05) is 13.2 Å². The standard InChI is InChI=1S/C24H43NO4/c1-4-5-16-28-21-12-14-22(15-13-21)29-17-6-7-23(26)25-20-10-8-19(9-11-20)24(27)18(2)3/h18-22H,4-17H2,1-3H3,(H,25,26). The summed E-state index contributed by atoms with van der Waals surface area (Å²) in [7, 11) is 0. The van der Waals surface area contributed by atoms with Crippen molar-refractivity contribution in [2.24, 2.45) is 11.8 Å². The summed E-state index contributed by atoms with van der Waals surface area (Å²) in [5, 5.41) is 3.15. The fraction of sp³-hybridized carbons (Fsp3) is 0.917. The van der Waals surface area contributed by atoms with Gasteiger partial charge in [0.1, 0.15) is 5.78 Å². The molecule has 2 aliphatic rings. The summed E-state index contributed by atoms with van der Waals surface area (Å²) in [6.07, 6.45) is 12.4. The molecule has 5 nitrogen and oxygen atoms in total. The van der Waals surface area contributed by atoms with E-state index >= 15 is 0 Å². The molecule has 2 rings (SSSR count). The smallest absolute Gasteiger partial charge is 0.220 e. The number of nitrogens with one attached hydrogen (secondary N) is 1. The van der Waals surface area contributed by atoms with Crippen molar-refractivity contribution in [1.29, 1.82) is 0 Å². The number of carbonyl (C=O) groups is 2. The molecule has 0 saturated heterocycles. The first-order valence-corrected chi connectivity index (χ1v) is 12.1. The van der Waals surface area contributed by atoms with Crippen molar-refractivity contribution in [3.63, 3.8) is 0 Å². The van der Waals surface area contributed by atoms with Crippen molar-refractivity contribution < 1.29 is 19.1 Å². The Morgan fingerprint density at radius 2 is 1.41 bits per heavy atom. The van der Waals surface area contributed by atoms with Crippen LogP contribution in [0.3, 0.4) is 0 Å². The second kappa shape index (κ2) is 13.4. The fourth-order valence-corrected chi connectivity index (χ4v) is 4.54. The molecule has 1 N–H and O–H groups in total. The predicted octanol–water partition coefficient (Wildman–Crippen LogP) is 4.81. The Labute approximate surface area is 177 Å². The first-order chi connectivity index (χ1) is 14.0. The Kier molecular flexibility index (Phi) is 11.2. The maximum Gasteiger partial charge on any atom is 0.220 e. The van der Waals surface area contributed by atoms with Crippen molar-refractivity contribution in [3.8, 4) is 0 Å². The first kappa shape index (κ1) is 24.3. The molecule has 0 aromatic rings. The van der Waals surface area contributed by atoms with Gasteiger partial charge in [0.05, 0.1) is 12.2 Å². The summed E-state index contributed by atoms with van der Waals surface area (Å²) >= 11 is 0. The summed E-state index contributed by atoms with van der Waals surface area (Å²) in [5.41, 5.74) is 0. The van der Waals surface area contributed by atoms with Crippen LogP contribution in [0.1, 0.15) is 97.8 Å². The molecule has 0 unspecified atom stereocenters. The van der Waals surface area contributed by atoms with Gasteiger partial charge >= 0.3 is 0 Å². The van der Waals surface area contributed by atoms with Gasteiger partial charge in [-0.25, -0.2) is 0 Å². The SMILES string of the molecule is CCCCOC1CCC(OCCCC(=O)NC2CCC(C(=O)C(C)C)CC2)CC1. The number of amides is 1. The van der Waals surface area contributed by atoms with E-state index in [0.29, 0.717) is 31.0 Å². The zero-order valence-electron chi connectivity index (χ0n) is 18.9. The van der Waals surface area contributed by atoms with Crippen LogP contribution in [-0.4, -0.2) is 43.2 Å². The quantitative estimate of drug-likeness (QED) is 0.470. The van der Waals surface area contributed by atoms with Crippen LogP contribution < -0.4 is 5.32 Å². The second-order valence-corrected chi connectivity index (χ2v) is 9.27. The minimum atomic E-state index is 0.120. The third kappa shape index (κ3) is 9.17. The number of hydrogen-bond donors (Lipinski definition) is 1. The third-order valence-electron chi connectivity index (χ3n) is 6.44. The normalized spacial score (nSPS) is 27.7. The molecule has 0 atom stereocenters. The number of Topliss-reactive ketones (excluding diaryl/α,β-unsaturated/α-hetero) is 1. The highest BCUT2D eigenvalue weighted by molar-refractivity contribution is 5.83. The Morgan fingerprint density at radius 1 is 0.862 bits per heavy atom. The van der Waals surface area contributed by atoms with Crippen LogP contribution in [0.4, 0.5) is 0 Å². The van der Waals surface area contributed by atoms with Gasteiger partial charge in [0.2, 0.25) is 5.91 Å². The lowest BCUT2D eigenvalue weighted by Gasteiger charge is -2.29. The van der Waals surface area contributed by atoms with Gasteiger partial charge in [-0.05, 0) is 64.2 Å². The number of hydrogen-bond acceptors (Lipinski definition) is 4. The average Bonchev–Trinajstić information content (AvgIpc) is 2.72. The molecule has 2 aliphatic carbocycles. The van der Waals surface area contributed by atoms with Crippen LogP contribution in [0.2, 0.25) is 0 Å². The second-order valence-electron chi connectivity index (χ2n) is 9.27. The topological polar surface area (TPSA) is 64.6 Å². The van der Waals surface area contributed by atoms with Gasteiger partial charge in [-0.2, -0.15) is 0 Å². The summed E-state index contributed by atoms with van der Waals surface area (Å²) in [5.74, 6) is 0.826. The molecule has 0 aliphatic heterocycles. The highest BCUT2D eigenvalue weighted by Crippen LogP contribution is 2.27. The average molecular weight is 410 g/mol. The van der Waals surface area contributed by atoms with Gasteiger partial charge in [0.25, 0.3) is 0 Å². The van der Waals surface area contributed by atoms with E-state index in [1.54, 1.807) is 0 Å². The molecule has 0 spiro atoms. The number of rotatable bonds is 12. The summed E-state index contributed by atoms with van der Waals surface area (Å²) in [6, 6.07) is 0.239. The molecule has 5 heteroatoms. The van der Waals surface area contributed by atoms with Gasteiger partial charge in [-0.15, -0.1) is 0 Å². The van der Waals surface area contributed by atoms with Crippen LogP contribution in [-0.2, 0) is 19.1 Å². The van der Waals surface area contributed by atoms with E-state index in [2.05, 4.69) is 12.2 Å². The molecule has 168 valence electrons. The lowest BCUT2D eigenvalue weighted by atomic mass is 9.80. The lowest BCUT2D eigenvalue weighted by Crippen LogP contribution is -2.39. The van der Waals surface area contributed by atoms with E-state index in [1.165, 1.54) is 6.42 Å². The Bertz CT molecular complexity index is 477. The van der Waals surface area contributed by atoms with Crippen LogP contribution in [0.25, 0.3) is 0 Å². The fourth-order valence-electron chi connectivity index (χ4n) is 4.54. The van der Waals surface area contributed by atoms with Crippen molar-refractivity contribution >= 4 is 11.7 Å². The number of unbranched alkanes of at least 4 members (excludes halogenated alkanes) is 1. The molecule has 0 aromatic heterocycles. The Hall–Kier alpha value is -0.940. The predicted molar refractivity (Wildman–Crippen MR) is 116 cm³/mol. The van der Waals surface area contributed by atoms with Crippen LogP contribution >= 0.6 is 0 Å². The monoisotopic (exact) mass is 409 g/mol. The zero-order valence-corrected chi connectivity index (χ0v) is 18.9. The van der Waals surface area contributed by atoms with Gasteiger partial charge in [0, 0.05) is 37.5 Å². The molecule has 0 heterocycles. The highest BCUT2D eigenvalue weighted by atomic mass is 16.5. The minimum Gasteiger partial charge on any atom is -0.378 e.